The first kappa shape index (κ1) is 14.0. The fourth-order valence-corrected chi connectivity index (χ4v) is 2.82. The van der Waals surface area contributed by atoms with Crippen LogP contribution in [0.1, 0.15) is 31.7 Å². The Kier molecular flexibility index (Phi) is 4.17. The topological polar surface area (TPSA) is 67.3 Å². The van der Waals surface area contributed by atoms with Crippen molar-refractivity contribution < 1.29 is 13.0 Å². The third kappa shape index (κ3) is 3.30. The van der Waals surface area contributed by atoms with Crippen LogP contribution in [0.2, 0.25) is 0 Å². The molecule has 0 aliphatic rings. The fraction of sp³-hybridized carbons (Fsp3) is 0.357. The summed E-state index contributed by atoms with van der Waals surface area (Å²) in [6.45, 7) is 2.09. The van der Waals surface area contributed by atoms with Crippen LogP contribution in [-0.4, -0.2) is 18.0 Å². The quantitative estimate of drug-likeness (QED) is 0.674. The van der Waals surface area contributed by atoms with E-state index in [4.69, 9.17) is 0 Å². The molecule has 102 valence electrons. The van der Waals surface area contributed by atoms with E-state index in [1.807, 2.05) is 12.1 Å². The number of nitrogens with zero attached hydrogens (tertiary/aromatic N) is 1. The van der Waals surface area contributed by atoms with Crippen molar-refractivity contribution in [1.82, 2.24) is 4.98 Å². The molecule has 0 saturated heterocycles. The predicted molar refractivity (Wildman–Crippen MR) is 74.8 cm³/mol. The van der Waals surface area contributed by atoms with Gasteiger partial charge in [-0.15, -0.1) is 0 Å². The van der Waals surface area contributed by atoms with Gasteiger partial charge in [-0.1, -0.05) is 38.0 Å². The largest absolute Gasteiger partial charge is 0.312 e. The molecule has 1 heterocycles. The lowest BCUT2D eigenvalue weighted by atomic mass is 10.1. The van der Waals surface area contributed by atoms with Crippen LogP contribution in [0.25, 0.3) is 10.9 Å². The van der Waals surface area contributed by atoms with Crippen molar-refractivity contribution in [2.45, 2.75) is 37.6 Å². The molecule has 4 nitrogen and oxygen atoms in total. The maximum atomic E-state index is 11.4. The van der Waals surface area contributed by atoms with Crippen molar-refractivity contribution in [2.24, 2.45) is 0 Å². The van der Waals surface area contributed by atoms with Gasteiger partial charge < -0.3 is 0 Å². The fourth-order valence-electron chi connectivity index (χ4n) is 2.11. The van der Waals surface area contributed by atoms with Gasteiger partial charge >= 0.3 is 10.1 Å². The second kappa shape index (κ2) is 5.67. The summed E-state index contributed by atoms with van der Waals surface area (Å²) in [6, 6.07) is 9.10. The molecule has 0 unspecified atom stereocenters. The molecule has 1 aromatic carbocycles. The minimum Gasteiger partial charge on any atom is -0.281 e. The molecule has 0 radical (unpaired) electrons. The Morgan fingerprint density at radius 2 is 1.95 bits per heavy atom. The number of rotatable bonds is 5. The van der Waals surface area contributed by atoms with Crippen LogP contribution in [0.3, 0.4) is 0 Å². The van der Waals surface area contributed by atoms with E-state index < -0.39 is 10.1 Å². The van der Waals surface area contributed by atoms with Gasteiger partial charge in [0.05, 0.1) is 5.52 Å². The van der Waals surface area contributed by atoms with Crippen molar-refractivity contribution in [3.05, 3.63) is 35.9 Å². The summed E-state index contributed by atoms with van der Waals surface area (Å²) in [5, 5.41) is 0.684. The van der Waals surface area contributed by atoms with Gasteiger partial charge in [-0.3, -0.25) is 4.55 Å². The van der Waals surface area contributed by atoms with E-state index in [0.717, 1.165) is 24.6 Å². The minimum absolute atomic E-state index is 0.206. The van der Waals surface area contributed by atoms with Gasteiger partial charge in [0, 0.05) is 5.39 Å². The highest BCUT2D eigenvalue weighted by molar-refractivity contribution is 7.85. The van der Waals surface area contributed by atoms with E-state index in [1.165, 1.54) is 0 Å². The highest BCUT2D eigenvalue weighted by atomic mass is 32.2. The SMILES string of the molecule is CCCCCc1cc2ccccc2nc1S(=O)(=O)O. The van der Waals surface area contributed by atoms with Crippen molar-refractivity contribution in [3.8, 4) is 0 Å². The zero-order chi connectivity index (χ0) is 13.9. The van der Waals surface area contributed by atoms with Crippen LogP contribution in [-0.2, 0) is 16.5 Å². The number of hydrogen-bond donors (Lipinski definition) is 1. The standard InChI is InChI=1S/C14H17NO3S/c1-2-3-4-8-12-10-11-7-5-6-9-13(11)15-14(12)19(16,17)18/h5-7,9-10H,2-4,8H2,1H3,(H,16,17,18). The summed E-state index contributed by atoms with van der Waals surface area (Å²) in [7, 11) is -4.27. The maximum Gasteiger partial charge on any atom is 0.312 e. The molecule has 0 fully saturated rings. The third-order valence-electron chi connectivity index (χ3n) is 3.06. The van der Waals surface area contributed by atoms with Crippen molar-refractivity contribution in [3.63, 3.8) is 0 Å². The molecule has 2 rings (SSSR count). The molecule has 0 aliphatic heterocycles. The van der Waals surface area contributed by atoms with E-state index in [9.17, 15) is 13.0 Å². The summed E-state index contributed by atoms with van der Waals surface area (Å²) < 4.78 is 32.1. The number of pyridine rings is 1. The first-order chi connectivity index (χ1) is 9.02. The van der Waals surface area contributed by atoms with Crippen LogP contribution in [0.5, 0.6) is 0 Å². The van der Waals surface area contributed by atoms with Crippen LogP contribution in [0.4, 0.5) is 0 Å². The van der Waals surface area contributed by atoms with Gasteiger partial charge in [-0.25, -0.2) is 4.98 Å². The lowest BCUT2D eigenvalue weighted by Crippen LogP contribution is -2.06. The number of fused-ring (bicyclic) bond motifs is 1. The van der Waals surface area contributed by atoms with Gasteiger partial charge in [0.1, 0.15) is 0 Å². The third-order valence-corrected chi connectivity index (χ3v) is 3.90. The number of benzene rings is 1. The van der Waals surface area contributed by atoms with Crippen LogP contribution in [0.15, 0.2) is 35.4 Å². The molecule has 0 spiro atoms. The number of aryl methyl sites for hydroxylation is 1. The number of para-hydroxylation sites is 1. The second-order valence-electron chi connectivity index (χ2n) is 4.58. The Balaban J connectivity index is 2.51. The van der Waals surface area contributed by atoms with Gasteiger partial charge in [0.2, 0.25) is 0 Å². The molecule has 0 amide bonds. The average Bonchev–Trinajstić information content (AvgIpc) is 2.37. The Bertz CT molecular complexity index is 680. The summed E-state index contributed by atoms with van der Waals surface area (Å²) >= 11 is 0. The lowest BCUT2D eigenvalue weighted by Gasteiger charge is -2.08. The molecular weight excluding hydrogens is 262 g/mol. The maximum absolute atomic E-state index is 11.4. The second-order valence-corrected chi connectivity index (χ2v) is 5.91. The Hall–Kier alpha value is -1.46. The first-order valence-electron chi connectivity index (χ1n) is 6.38. The smallest absolute Gasteiger partial charge is 0.281 e. The normalized spacial score (nSPS) is 11.9. The molecule has 19 heavy (non-hydrogen) atoms. The molecule has 0 bridgehead atoms. The molecule has 1 N–H and O–H groups in total. The Labute approximate surface area is 113 Å². The lowest BCUT2D eigenvalue weighted by molar-refractivity contribution is 0.478. The van der Waals surface area contributed by atoms with E-state index >= 15 is 0 Å². The van der Waals surface area contributed by atoms with Crippen molar-refractivity contribution in [2.75, 3.05) is 0 Å². The number of hydrogen-bond acceptors (Lipinski definition) is 3. The van der Waals surface area contributed by atoms with Crippen LogP contribution in [0, 0.1) is 0 Å². The molecular formula is C14H17NO3S. The zero-order valence-corrected chi connectivity index (χ0v) is 11.7. The number of aromatic nitrogens is 1. The van der Waals surface area contributed by atoms with Crippen molar-refractivity contribution >= 4 is 21.0 Å². The summed E-state index contributed by atoms with van der Waals surface area (Å²) in [4.78, 5) is 4.09. The molecule has 0 saturated carbocycles. The van der Waals surface area contributed by atoms with Gasteiger partial charge in [0.15, 0.2) is 5.03 Å². The monoisotopic (exact) mass is 279 g/mol. The van der Waals surface area contributed by atoms with E-state index in [1.54, 1.807) is 18.2 Å². The summed E-state index contributed by atoms with van der Waals surface area (Å²) in [6.07, 6.45) is 3.58. The van der Waals surface area contributed by atoms with Gasteiger partial charge in [-0.05, 0) is 30.5 Å². The van der Waals surface area contributed by atoms with E-state index in [-0.39, 0.29) is 5.03 Å². The minimum atomic E-state index is -4.27. The van der Waals surface area contributed by atoms with Crippen LogP contribution < -0.4 is 0 Å². The Morgan fingerprint density at radius 3 is 2.63 bits per heavy atom. The predicted octanol–water partition coefficient (Wildman–Crippen LogP) is 3.21. The average molecular weight is 279 g/mol. The Morgan fingerprint density at radius 1 is 1.21 bits per heavy atom. The molecule has 5 heteroatoms. The van der Waals surface area contributed by atoms with Gasteiger partial charge in [0.25, 0.3) is 0 Å². The highest BCUT2D eigenvalue weighted by Crippen LogP contribution is 2.22. The highest BCUT2D eigenvalue weighted by Gasteiger charge is 2.18. The zero-order valence-electron chi connectivity index (χ0n) is 10.8. The van der Waals surface area contributed by atoms with Gasteiger partial charge in [-0.2, -0.15) is 8.42 Å². The molecule has 2 aromatic rings. The van der Waals surface area contributed by atoms with E-state index in [2.05, 4.69) is 11.9 Å². The molecule has 1 aromatic heterocycles. The summed E-state index contributed by atoms with van der Waals surface area (Å²) in [5.41, 5.74) is 1.17. The molecule has 0 atom stereocenters. The van der Waals surface area contributed by atoms with E-state index in [0.29, 0.717) is 17.5 Å². The number of unbranched alkanes of at least 4 members (excludes halogenated alkanes) is 2. The first-order valence-corrected chi connectivity index (χ1v) is 7.82. The summed E-state index contributed by atoms with van der Waals surface area (Å²) in [5.74, 6) is 0. The van der Waals surface area contributed by atoms with Crippen molar-refractivity contribution in [1.29, 1.82) is 0 Å². The molecule has 0 aliphatic carbocycles. The van der Waals surface area contributed by atoms with Crippen LogP contribution >= 0.6 is 0 Å².